The van der Waals surface area contributed by atoms with Crippen LogP contribution in [0.5, 0.6) is 0 Å². The lowest BCUT2D eigenvalue weighted by molar-refractivity contribution is 0.0680. The molecule has 3 aromatic rings. The van der Waals surface area contributed by atoms with Crippen molar-refractivity contribution in [1.29, 1.82) is 0 Å². The highest BCUT2D eigenvalue weighted by Crippen LogP contribution is 2.35. The maximum absolute atomic E-state index is 12.1. The van der Waals surface area contributed by atoms with E-state index in [2.05, 4.69) is 10.2 Å². The molecule has 0 aliphatic heterocycles. The topological polar surface area (TPSA) is 199 Å². The van der Waals surface area contributed by atoms with Crippen LogP contribution < -0.4 is 11.3 Å². The van der Waals surface area contributed by atoms with E-state index in [0.29, 0.717) is 0 Å². The van der Waals surface area contributed by atoms with Gasteiger partial charge in [-0.05, 0) is 11.6 Å². The van der Waals surface area contributed by atoms with Gasteiger partial charge >= 0.3 is 17.9 Å². The minimum absolute atomic E-state index is 0.0463. The molecule has 3 rings (SSSR count). The Bertz CT molecular complexity index is 1160. The van der Waals surface area contributed by atoms with Gasteiger partial charge in [0.05, 0.1) is 5.52 Å². The molecule has 0 fully saturated rings. The highest BCUT2D eigenvalue weighted by atomic mass is 16.4. The number of H-pyrrole nitrogens is 2. The second-order valence-corrected chi connectivity index (χ2v) is 5.21. The van der Waals surface area contributed by atoms with Crippen LogP contribution in [0.4, 0.5) is 5.82 Å². The summed E-state index contributed by atoms with van der Waals surface area (Å²) < 4.78 is 0. The molecule has 26 heavy (non-hydrogen) atoms. The first-order valence-corrected chi connectivity index (χ1v) is 6.97. The van der Waals surface area contributed by atoms with Crippen LogP contribution in [0.2, 0.25) is 0 Å². The van der Waals surface area contributed by atoms with Crippen LogP contribution in [-0.4, -0.2) is 48.4 Å². The first-order valence-electron chi connectivity index (χ1n) is 6.97. The second-order valence-electron chi connectivity index (χ2n) is 5.21. The van der Waals surface area contributed by atoms with Crippen molar-refractivity contribution >= 4 is 34.6 Å². The summed E-state index contributed by atoms with van der Waals surface area (Å²) >= 11 is 0. The first-order chi connectivity index (χ1) is 12.2. The molecule has 2 aromatic heterocycles. The van der Waals surface area contributed by atoms with Gasteiger partial charge in [-0.1, -0.05) is 12.1 Å². The van der Waals surface area contributed by atoms with Crippen molar-refractivity contribution in [3.05, 3.63) is 45.4 Å². The number of nitrogens with zero attached hydrogens (tertiary/aromatic N) is 1. The quantitative estimate of drug-likeness (QED) is 0.386. The molecule has 7 N–H and O–H groups in total. The van der Waals surface area contributed by atoms with Crippen LogP contribution in [0.25, 0.3) is 22.0 Å². The van der Waals surface area contributed by atoms with Gasteiger partial charge < -0.3 is 26.0 Å². The summed E-state index contributed by atoms with van der Waals surface area (Å²) in [5.41, 5.74) is 2.07. The largest absolute Gasteiger partial charge is 0.478 e. The van der Waals surface area contributed by atoms with Crippen molar-refractivity contribution in [3.8, 4) is 11.1 Å². The molecule has 0 unspecified atom stereocenters. The van der Waals surface area contributed by atoms with E-state index in [0.717, 1.165) is 0 Å². The number of nitrogens with one attached hydrogen (secondary N) is 2. The number of aromatic carboxylic acids is 3. The van der Waals surface area contributed by atoms with Crippen LogP contribution in [-0.2, 0) is 0 Å². The minimum atomic E-state index is -1.69. The number of anilines is 1. The maximum Gasteiger partial charge on any atom is 0.357 e. The van der Waals surface area contributed by atoms with Crippen molar-refractivity contribution in [2.24, 2.45) is 0 Å². The molecule has 0 atom stereocenters. The van der Waals surface area contributed by atoms with E-state index < -0.39 is 51.7 Å². The fraction of sp³-hybridized carbons (Fsp3) is 0. The summed E-state index contributed by atoms with van der Waals surface area (Å²) in [6.45, 7) is 0. The highest BCUT2D eigenvalue weighted by molar-refractivity contribution is 6.14. The number of hydrogen-bond donors (Lipinski definition) is 6. The zero-order valence-corrected chi connectivity index (χ0v) is 12.7. The predicted octanol–water partition coefficient (Wildman–Crippen LogP) is 0.595. The Hall–Kier alpha value is -4.15. The Morgan fingerprint density at radius 1 is 1.00 bits per heavy atom. The summed E-state index contributed by atoms with van der Waals surface area (Å²) in [5.74, 6) is -5.26. The van der Waals surface area contributed by atoms with E-state index in [1.165, 1.54) is 18.2 Å². The average Bonchev–Trinajstić information content (AvgIpc) is 2.97. The molecule has 0 aliphatic rings. The molecule has 0 saturated carbocycles. The van der Waals surface area contributed by atoms with E-state index in [-0.39, 0.29) is 16.5 Å². The van der Waals surface area contributed by atoms with Gasteiger partial charge in [-0.15, -0.1) is 0 Å². The van der Waals surface area contributed by atoms with Crippen LogP contribution in [0.1, 0.15) is 31.2 Å². The normalized spacial score (nSPS) is 10.8. The molecular formula is C15H10N4O7. The van der Waals surface area contributed by atoms with Crippen LogP contribution >= 0.6 is 0 Å². The van der Waals surface area contributed by atoms with Gasteiger partial charge in [0.1, 0.15) is 16.9 Å². The van der Waals surface area contributed by atoms with Crippen LogP contribution in [0, 0.1) is 0 Å². The monoisotopic (exact) mass is 358 g/mol. The number of carboxylic acids is 3. The number of nitrogens with two attached hydrogens (primary N) is 1. The van der Waals surface area contributed by atoms with Gasteiger partial charge in [-0.3, -0.25) is 9.89 Å². The fourth-order valence-electron chi connectivity index (χ4n) is 2.75. The van der Waals surface area contributed by atoms with Crippen molar-refractivity contribution < 1.29 is 29.7 Å². The number of carbonyl (C=O) groups is 3. The Morgan fingerprint density at radius 2 is 1.65 bits per heavy atom. The molecule has 2 heterocycles. The maximum atomic E-state index is 12.1. The van der Waals surface area contributed by atoms with Gasteiger partial charge in [-0.2, -0.15) is 5.10 Å². The van der Waals surface area contributed by atoms with E-state index >= 15 is 0 Å². The Labute approximate surface area is 142 Å². The molecule has 11 heteroatoms. The van der Waals surface area contributed by atoms with E-state index in [4.69, 9.17) is 5.73 Å². The van der Waals surface area contributed by atoms with Crippen LogP contribution in [0.15, 0.2) is 23.0 Å². The highest BCUT2D eigenvalue weighted by Gasteiger charge is 2.29. The minimum Gasteiger partial charge on any atom is -0.478 e. The third-order valence-electron chi connectivity index (χ3n) is 3.73. The van der Waals surface area contributed by atoms with Crippen LogP contribution in [0.3, 0.4) is 0 Å². The standard InChI is InChI=1S/C15H10N4O7/c16-11-8(13(21)22)7(9(14(23)24)12(20)17-11)4-2-1-3-5-6(4)10(15(25)26)19-18-5/h1-3H,(H,18,19)(H,21,22)(H,23,24)(H,25,26)(H3,16,17,20). The van der Waals surface area contributed by atoms with Crippen molar-refractivity contribution in [2.75, 3.05) is 5.73 Å². The molecule has 0 bridgehead atoms. The Balaban J connectivity index is 2.60. The Kier molecular flexibility index (Phi) is 3.68. The molecule has 0 aliphatic carbocycles. The third-order valence-corrected chi connectivity index (χ3v) is 3.73. The Morgan fingerprint density at radius 3 is 2.23 bits per heavy atom. The van der Waals surface area contributed by atoms with Gasteiger partial charge in [0.2, 0.25) is 0 Å². The number of benzene rings is 1. The molecule has 11 nitrogen and oxygen atoms in total. The first kappa shape index (κ1) is 16.7. The lowest BCUT2D eigenvalue weighted by Gasteiger charge is -2.13. The molecule has 0 amide bonds. The van der Waals surface area contributed by atoms with E-state index in [9.17, 15) is 34.5 Å². The summed E-state index contributed by atoms with van der Waals surface area (Å²) in [5, 5.41) is 34.2. The smallest absolute Gasteiger partial charge is 0.357 e. The number of carboxylic acid groups (broad SMARTS) is 3. The van der Waals surface area contributed by atoms with Gasteiger partial charge in [0.15, 0.2) is 5.69 Å². The summed E-state index contributed by atoms with van der Waals surface area (Å²) in [7, 11) is 0. The summed E-state index contributed by atoms with van der Waals surface area (Å²) in [6, 6.07) is 4.18. The zero-order chi connectivity index (χ0) is 19.2. The van der Waals surface area contributed by atoms with Crippen molar-refractivity contribution in [1.82, 2.24) is 15.2 Å². The summed E-state index contributed by atoms with van der Waals surface area (Å²) in [6.07, 6.45) is 0. The molecule has 132 valence electrons. The number of pyridine rings is 1. The lowest BCUT2D eigenvalue weighted by Crippen LogP contribution is -2.24. The SMILES string of the molecule is Nc1[nH]c(=O)c(C(=O)O)c(-c2cccc3[nH]nc(C(=O)O)c23)c1C(=O)O. The number of nitrogen functional groups attached to an aromatic ring is 1. The summed E-state index contributed by atoms with van der Waals surface area (Å²) in [4.78, 5) is 48.8. The van der Waals surface area contributed by atoms with E-state index in [1.807, 2.05) is 4.98 Å². The average molecular weight is 358 g/mol. The third kappa shape index (κ3) is 2.34. The number of fused-ring (bicyclic) bond motifs is 1. The van der Waals surface area contributed by atoms with Crippen molar-refractivity contribution in [2.45, 2.75) is 0 Å². The zero-order valence-electron chi connectivity index (χ0n) is 12.7. The predicted molar refractivity (Wildman–Crippen MR) is 87.4 cm³/mol. The fourth-order valence-corrected chi connectivity index (χ4v) is 2.75. The number of aromatic amines is 2. The lowest BCUT2D eigenvalue weighted by atomic mass is 9.92. The second kappa shape index (κ2) is 5.73. The van der Waals surface area contributed by atoms with Gasteiger partial charge in [0.25, 0.3) is 5.56 Å². The molecule has 0 saturated heterocycles. The number of aromatic nitrogens is 3. The molecular weight excluding hydrogens is 348 g/mol. The molecule has 0 radical (unpaired) electrons. The molecule has 0 spiro atoms. The molecule has 1 aromatic carbocycles. The van der Waals surface area contributed by atoms with Gasteiger partial charge in [-0.25, -0.2) is 14.4 Å². The van der Waals surface area contributed by atoms with E-state index in [1.54, 1.807) is 0 Å². The van der Waals surface area contributed by atoms with Crippen molar-refractivity contribution in [3.63, 3.8) is 0 Å². The van der Waals surface area contributed by atoms with Gasteiger partial charge in [0, 0.05) is 10.9 Å². The number of hydrogen-bond acceptors (Lipinski definition) is 6. The number of rotatable bonds is 4.